The van der Waals surface area contributed by atoms with Crippen molar-refractivity contribution in [3.8, 4) is 17.0 Å². The van der Waals surface area contributed by atoms with Crippen molar-refractivity contribution in [1.82, 2.24) is 9.97 Å². The van der Waals surface area contributed by atoms with Crippen molar-refractivity contribution >= 4 is 17.5 Å². The summed E-state index contributed by atoms with van der Waals surface area (Å²) in [7, 11) is 0. The Kier molecular flexibility index (Phi) is 6.90. The molecular weight excluding hydrogens is 455 g/mol. The number of carbonyl (C=O) groups excluding carboxylic acids is 1. The zero-order valence-corrected chi connectivity index (χ0v) is 20.9. The Bertz CT molecular complexity index is 1250. The Morgan fingerprint density at radius 1 is 1.08 bits per heavy atom. The molecule has 0 bridgehead atoms. The van der Waals surface area contributed by atoms with E-state index in [4.69, 9.17) is 4.98 Å². The minimum atomic E-state index is -0.435. The molecule has 1 saturated carbocycles. The summed E-state index contributed by atoms with van der Waals surface area (Å²) in [6.07, 6.45) is 7.76. The minimum Gasteiger partial charge on any atom is -0.508 e. The highest BCUT2D eigenvalue weighted by Crippen LogP contribution is 2.37. The number of aromatic nitrogens is 2. The maximum atomic E-state index is 15.0. The zero-order chi connectivity index (χ0) is 25.2. The second kappa shape index (κ2) is 10.2. The van der Waals surface area contributed by atoms with Crippen molar-refractivity contribution in [3.05, 3.63) is 66.1 Å². The Hall–Kier alpha value is -3.48. The maximum absolute atomic E-state index is 15.0. The van der Waals surface area contributed by atoms with Gasteiger partial charge in [0.05, 0.1) is 11.3 Å². The van der Waals surface area contributed by atoms with Crippen LogP contribution < -0.4 is 9.80 Å². The fraction of sp³-hybridized carbons (Fsp3) is 0.414. The van der Waals surface area contributed by atoms with E-state index in [-0.39, 0.29) is 28.8 Å². The molecule has 1 aromatic heterocycles. The zero-order valence-electron chi connectivity index (χ0n) is 20.9. The molecule has 0 spiro atoms. The molecule has 0 radical (unpaired) electrons. The number of hydrogen-bond donors (Lipinski definition) is 1. The number of nitrogens with zero attached hydrogens (tertiary/aromatic N) is 4. The summed E-state index contributed by atoms with van der Waals surface area (Å²) in [5, 5.41) is 10.0. The third kappa shape index (κ3) is 4.79. The standard InChI is InChI=1S/C29H33FN4O2/c1-19(2)34(22-10-7-11-23(35)16-22)28(36)25-17-31-29(32-27(25)24-12-5-6-13-26(24)30)33-15-14-20-8-3-4-9-21(20)18-33/h5-7,10-13,16-17,19-21,35H,3-4,8-9,14-15,18H2,1-2H3. The van der Waals surface area contributed by atoms with Gasteiger partial charge in [0.1, 0.15) is 11.6 Å². The van der Waals surface area contributed by atoms with Crippen LogP contribution in [0.5, 0.6) is 5.75 Å². The first-order valence-electron chi connectivity index (χ1n) is 12.9. The van der Waals surface area contributed by atoms with E-state index >= 15 is 4.39 Å². The molecule has 2 aliphatic rings. The first kappa shape index (κ1) is 24.2. The summed E-state index contributed by atoms with van der Waals surface area (Å²) in [4.78, 5) is 27.1. The molecular formula is C29H33FN4O2. The number of carbonyl (C=O) groups is 1. The molecule has 5 rings (SSSR count). The summed E-state index contributed by atoms with van der Waals surface area (Å²) >= 11 is 0. The van der Waals surface area contributed by atoms with Gasteiger partial charge in [-0.25, -0.2) is 14.4 Å². The van der Waals surface area contributed by atoms with Crippen LogP contribution in [0.25, 0.3) is 11.3 Å². The van der Waals surface area contributed by atoms with Crippen LogP contribution in [0, 0.1) is 17.7 Å². The normalized spacial score (nSPS) is 19.7. The molecule has 1 N–H and O–H groups in total. The number of phenols is 1. The summed E-state index contributed by atoms with van der Waals surface area (Å²) in [5.74, 6) is 1.24. The molecule has 1 amide bonds. The largest absolute Gasteiger partial charge is 0.508 e. The maximum Gasteiger partial charge on any atom is 0.262 e. The van der Waals surface area contributed by atoms with Gasteiger partial charge in [0, 0.05) is 42.6 Å². The van der Waals surface area contributed by atoms with Gasteiger partial charge in [-0.15, -0.1) is 0 Å². The molecule has 188 valence electrons. The average molecular weight is 489 g/mol. The number of rotatable bonds is 5. The summed E-state index contributed by atoms with van der Waals surface area (Å²) < 4.78 is 15.0. The van der Waals surface area contributed by atoms with Gasteiger partial charge in [0.25, 0.3) is 5.91 Å². The molecule has 2 fully saturated rings. The van der Waals surface area contributed by atoms with Gasteiger partial charge in [0.2, 0.25) is 5.95 Å². The molecule has 3 aromatic rings. The Balaban J connectivity index is 1.55. The molecule has 1 saturated heterocycles. The SMILES string of the molecule is CC(C)N(C(=O)c1cnc(N2CCC3CCCCC3C2)nc1-c1ccccc1F)c1cccc(O)c1. The predicted octanol–water partition coefficient (Wildman–Crippen LogP) is 6.06. The van der Waals surface area contributed by atoms with Gasteiger partial charge in [-0.05, 0) is 62.8 Å². The second-order valence-corrected chi connectivity index (χ2v) is 10.2. The van der Waals surface area contributed by atoms with Gasteiger partial charge in [-0.1, -0.05) is 37.5 Å². The van der Waals surface area contributed by atoms with Crippen LogP contribution in [-0.2, 0) is 0 Å². The highest BCUT2D eigenvalue weighted by molar-refractivity contribution is 6.10. The predicted molar refractivity (Wildman–Crippen MR) is 140 cm³/mol. The van der Waals surface area contributed by atoms with Crippen molar-refractivity contribution in [3.63, 3.8) is 0 Å². The molecule has 2 unspecified atom stereocenters. The number of phenolic OH excluding ortho intramolecular Hbond substituents is 1. The number of benzene rings is 2. The van der Waals surface area contributed by atoms with E-state index in [1.165, 1.54) is 37.9 Å². The third-order valence-corrected chi connectivity index (χ3v) is 7.55. The summed E-state index contributed by atoms with van der Waals surface area (Å²) in [6.45, 7) is 5.56. The quantitative estimate of drug-likeness (QED) is 0.473. The average Bonchev–Trinajstić information content (AvgIpc) is 2.88. The van der Waals surface area contributed by atoms with Gasteiger partial charge >= 0.3 is 0 Å². The number of hydrogen-bond acceptors (Lipinski definition) is 5. The van der Waals surface area contributed by atoms with E-state index in [1.807, 2.05) is 13.8 Å². The van der Waals surface area contributed by atoms with Crippen molar-refractivity contribution in [2.45, 2.75) is 52.0 Å². The summed E-state index contributed by atoms with van der Waals surface area (Å²) in [5.41, 5.74) is 1.35. The van der Waals surface area contributed by atoms with E-state index in [9.17, 15) is 9.90 Å². The molecule has 2 heterocycles. The topological polar surface area (TPSA) is 69.6 Å². The van der Waals surface area contributed by atoms with Crippen LogP contribution in [0.2, 0.25) is 0 Å². The minimum absolute atomic E-state index is 0.0676. The Morgan fingerprint density at radius 3 is 2.61 bits per heavy atom. The van der Waals surface area contributed by atoms with E-state index in [0.29, 0.717) is 23.2 Å². The van der Waals surface area contributed by atoms with Crippen LogP contribution in [0.1, 0.15) is 56.3 Å². The molecule has 7 heteroatoms. The number of halogens is 1. The molecule has 36 heavy (non-hydrogen) atoms. The first-order chi connectivity index (χ1) is 17.4. The lowest BCUT2D eigenvalue weighted by Gasteiger charge is -2.41. The van der Waals surface area contributed by atoms with E-state index in [2.05, 4.69) is 9.88 Å². The highest BCUT2D eigenvalue weighted by Gasteiger charge is 2.33. The third-order valence-electron chi connectivity index (χ3n) is 7.55. The summed E-state index contributed by atoms with van der Waals surface area (Å²) in [6, 6.07) is 12.8. The number of piperidine rings is 1. The van der Waals surface area contributed by atoms with Crippen molar-refractivity contribution < 1.29 is 14.3 Å². The molecule has 2 atom stereocenters. The number of fused-ring (bicyclic) bond motifs is 1. The first-order valence-corrected chi connectivity index (χ1v) is 12.9. The molecule has 6 nitrogen and oxygen atoms in total. The van der Waals surface area contributed by atoms with Gasteiger partial charge in [-0.2, -0.15) is 0 Å². The number of anilines is 2. The molecule has 2 aromatic carbocycles. The lowest BCUT2D eigenvalue weighted by Crippen LogP contribution is -2.42. The van der Waals surface area contributed by atoms with Crippen LogP contribution in [-0.4, -0.2) is 40.1 Å². The van der Waals surface area contributed by atoms with Gasteiger partial charge in [-0.3, -0.25) is 4.79 Å². The van der Waals surface area contributed by atoms with Gasteiger partial charge in [0.15, 0.2) is 0 Å². The van der Waals surface area contributed by atoms with Crippen LogP contribution in [0.4, 0.5) is 16.0 Å². The lowest BCUT2D eigenvalue weighted by molar-refractivity contribution is 0.0980. The Morgan fingerprint density at radius 2 is 1.86 bits per heavy atom. The fourth-order valence-electron chi connectivity index (χ4n) is 5.75. The van der Waals surface area contributed by atoms with Crippen molar-refractivity contribution in [2.75, 3.05) is 22.9 Å². The number of amides is 1. The van der Waals surface area contributed by atoms with Crippen LogP contribution in [0.3, 0.4) is 0 Å². The van der Waals surface area contributed by atoms with Gasteiger partial charge < -0.3 is 14.9 Å². The van der Waals surface area contributed by atoms with Crippen molar-refractivity contribution in [1.29, 1.82) is 0 Å². The van der Waals surface area contributed by atoms with E-state index in [0.717, 1.165) is 25.4 Å². The molecule has 1 aliphatic heterocycles. The van der Waals surface area contributed by atoms with E-state index < -0.39 is 5.82 Å². The molecule has 1 aliphatic carbocycles. The lowest BCUT2D eigenvalue weighted by atomic mass is 9.75. The second-order valence-electron chi connectivity index (χ2n) is 10.2. The fourth-order valence-corrected chi connectivity index (χ4v) is 5.75. The van der Waals surface area contributed by atoms with Crippen LogP contribution in [0.15, 0.2) is 54.7 Å². The Labute approximate surface area is 211 Å². The smallest absolute Gasteiger partial charge is 0.262 e. The van der Waals surface area contributed by atoms with Crippen LogP contribution >= 0.6 is 0 Å². The highest BCUT2D eigenvalue weighted by atomic mass is 19.1. The monoisotopic (exact) mass is 488 g/mol. The van der Waals surface area contributed by atoms with Crippen molar-refractivity contribution in [2.24, 2.45) is 11.8 Å². The van der Waals surface area contributed by atoms with E-state index in [1.54, 1.807) is 47.4 Å². The number of aromatic hydroxyl groups is 1.